The number of hydrogen-bond acceptors (Lipinski definition) is 2. The largest absolute Gasteiger partial charge is 0.396 e. The lowest BCUT2D eigenvalue weighted by atomic mass is 10.0. The van der Waals surface area contributed by atoms with E-state index >= 15 is 0 Å². The number of unbranched alkanes of at least 4 members (excludes halogenated alkanes) is 18. The van der Waals surface area contributed by atoms with Gasteiger partial charge in [0.25, 0.3) is 0 Å². The Morgan fingerprint density at radius 3 is 0.783 bits per heavy atom. The lowest BCUT2D eigenvalue weighted by molar-refractivity contribution is 0.282. The molecule has 0 radical (unpaired) electrons. The summed E-state index contributed by atoms with van der Waals surface area (Å²) in [6.07, 6.45) is 26.1. The minimum atomic E-state index is 0.370. The van der Waals surface area contributed by atoms with Gasteiger partial charge in [0, 0.05) is 6.61 Å². The molecule has 0 aromatic heterocycles. The van der Waals surface area contributed by atoms with Gasteiger partial charge in [0.2, 0.25) is 0 Å². The molecule has 2 nitrogen and oxygen atoms in total. The summed E-state index contributed by atoms with van der Waals surface area (Å²) in [4.78, 5) is 0. The van der Waals surface area contributed by atoms with Crippen molar-refractivity contribution in [3.8, 4) is 0 Å². The summed E-state index contributed by atoms with van der Waals surface area (Å²) in [7, 11) is 0. The fourth-order valence-corrected chi connectivity index (χ4v) is 3.26. The lowest BCUT2D eigenvalue weighted by Gasteiger charge is -2.03. The first-order valence-electron chi connectivity index (χ1n) is 10.7. The Morgan fingerprint density at radius 1 is 0.348 bits per heavy atom. The highest BCUT2D eigenvalue weighted by Gasteiger charge is 1.95. The molecule has 0 unspecified atom stereocenters. The van der Waals surface area contributed by atoms with Crippen LogP contribution in [0.1, 0.15) is 122 Å². The summed E-state index contributed by atoms with van der Waals surface area (Å²) in [6.45, 7) is 1.24. The zero-order valence-electron chi connectivity index (χ0n) is 15.9. The first-order valence-corrected chi connectivity index (χ1v) is 10.7. The van der Waals surface area contributed by atoms with Crippen LogP contribution in [0.15, 0.2) is 0 Å². The van der Waals surface area contributed by atoms with E-state index in [0.717, 1.165) is 13.0 Å². The van der Waals surface area contributed by atoms with Crippen LogP contribution in [0, 0.1) is 0 Å². The molecule has 140 valence electrons. The van der Waals surface area contributed by atoms with Crippen LogP contribution in [0.2, 0.25) is 0 Å². The summed E-state index contributed by atoms with van der Waals surface area (Å²) in [5.41, 5.74) is 5.50. The van der Waals surface area contributed by atoms with Crippen LogP contribution in [0.5, 0.6) is 0 Å². The number of nitrogens with two attached hydrogens (primary N) is 1. The summed E-state index contributed by atoms with van der Waals surface area (Å²) < 4.78 is 0. The molecule has 0 aliphatic rings. The first kappa shape index (κ1) is 22.9. The van der Waals surface area contributed by atoms with E-state index < -0.39 is 0 Å². The number of aliphatic hydroxyl groups is 1. The molecule has 0 spiro atoms. The van der Waals surface area contributed by atoms with Gasteiger partial charge in [0.05, 0.1) is 0 Å². The van der Waals surface area contributed by atoms with Crippen molar-refractivity contribution in [2.45, 2.75) is 122 Å². The average molecular weight is 328 g/mol. The molecule has 0 saturated carbocycles. The van der Waals surface area contributed by atoms with Gasteiger partial charge in [-0.1, -0.05) is 109 Å². The van der Waals surface area contributed by atoms with Crippen LogP contribution < -0.4 is 5.73 Å². The van der Waals surface area contributed by atoms with Gasteiger partial charge in [-0.2, -0.15) is 0 Å². The van der Waals surface area contributed by atoms with E-state index in [9.17, 15) is 0 Å². The highest BCUT2D eigenvalue weighted by Crippen LogP contribution is 2.14. The van der Waals surface area contributed by atoms with Crippen LogP contribution in [0.4, 0.5) is 0 Å². The maximum atomic E-state index is 8.71. The Balaban J connectivity index is 2.92. The van der Waals surface area contributed by atoms with Gasteiger partial charge in [-0.25, -0.2) is 0 Å². The second-order valence-electron chi connectivity index (χ2n) is 7.23. The van der Waals surface area contributed by atoms with Crippen LogP contribution in [-0.2, 0) is 0 Å². The van der Waals surface area contributed by atoms with Gasteiger partial charge < -0.3 is 10.8 Å². The summed E-state index contributed by atoms with van der Waals surface area (Å²) >= 11 is 0. The molecule has 0 amide bonds. The fraction of sp³-hybridized carbons (Fsp3) is 1.00. The summed E-state index contributed by atoms with van der Waals surface area (Å²) in [5, 5.41) is 8.71. The third kappa shape index (κ3) is 21.9. The predicted octanol–water partition coefficient (Wildman–Crippen LogP) is 6.35. The minimum absolute atomic E-state index is 0.370. The second-order valence-corrected chi connectivity index (χ2v) is 7.23. The normalized spacial score (nSPS) is 11.2. The van der Waals surface area contributed by atoms with E-state index in [4.69, 9.17) is 10.8 Å². The van der Waals surface area contributed by atoms with Crippen molar-refractivity contribution >= 4 is 0 Å². The van der Waals surface area contributed by atoms with Crippen molar-refractivity contribution in [3.05, 3.63) is 0 Å². The lowest BCUT2D eigenvalue weighted by Crippen LogP contribution is -1.97. The van der Waals surface area contributed by atoms with Gasteiger partial charge >= 0.3 is 0 Å². The Kier molecular flexibility index (Phi) is 21.8. The van der Waals surface area contributed by atoms with E-state index in [2.05, 4.69) is 0 Å². The van der Waals surface area contributed by atoms with E-state index in [1.54, 1.807) is 0 Å². The molecule has 0 fully saturated rings. The maximum Gasteiger partial charge on any atom is 0.0431 e. The molecular formula is C21H45NO. The van der Waals surface area contributed by atoms with E-state index in [1.807, 2.05) is 0 Å². The van der Waals surface area contributed by atoms with Crippen molar-refractivity contribution < 1.29 is 5.11 Å². The van der Waals surface area contributed by atoms with Crippen molar-refractivity contribution in [1.29, 1.82) is 0 Å². The standard InChI is InChI=1S/C21H45NO/c22-20-18-16-14-12-10-8-6-4-2-1-3-5-7-9-11-13-15-17-19-21-23/h23H,1-22H2. The van der Waals surface area contributed by atoms with Crippen LogP contribution in [0.25, 0.3) is 0 Å². The zero-order valence-corrected chi connectivity index (χ0v) is 15.9. The van der Waals surface area contributed by atoms with Crippen molar-refractivity contribution in [2.24, 2.45) is 5.73 Å². The Morgan fingerprint density at radius 2 is 0.565 bits per heavy atom. The van der Waals surface area contributed by atoms with Crippen LogP contribution >= 0.6 is 0 Å². The third-order valence-corrected chi connectivity index (χ3v) is 4.86. The third-order valence-electron chi connectivity index (χ3n) is 4.86. The van der Waals surface area contributed by atoms with Crippen molar-refractivity contribution in [2.75, 3.05) is 13.2 Å². The molecule has 2 heteroatoms. The monoisotopic (exact) mass is 327 g/mol. The molecular weight excluding hydrogens is 282 g/mol. The average Bonchev–Trinajstić information content (AvgIpc) is 2.57. The second kappa shape index (κ2) is 21.9. The molecule has 0 aliphatic heterocycles. The summed E-state index contributed by atoms with van der Waals surface area (Å²) in [6, 6.07) is 0. The fourth-order valence-electron chi connectivity index (χ4n) is 3.26. The molecule has 23 heavy (non-hydrogen) atoms. The predicted molar refractivity (Wildman–Crippen MR) is 104 cm³/mol. The van der Waals surface area contributed by atoms with E-state index in [1.165, 1.54) is 116 Å². The summed E-state index contributed by atoms with van der Waals surface area (Å²) in [5.74, 6) is 0. The highest BCUT2D eigenvalue weighted by atomic mass is 16.2. The molecule has 0 aromatic carbocycles. The van der Waals surface area contributed by atoms with Crippen molar-refractivity contribution in [3.63, 3.8) is 0 Å². The molecule has 0 saturated heterocycles. The smallest absolute Gasteiger partial charge is 0.0431 e. The molecule has 0 atom stereocenters. The molecule has 0 heterocycles. The Hall–Kier alpha value is -0.0800. The Bertz CT molecular complexity index is 176. The molecule has 3 N–H and O–H groups in total. The van der Waals surface area contributed by atoms with Gasteiger partial charge in [0.1, 0.15) is 0 Å². The molecule has 0 aromatic rings. The SMILES string of the molecule is NCCCCCCCCCCCCCCCCCCCCCO. The van der Waals surface area contributed by atoms with Crippen LogP contribution in [-0.4, -0.2) is 18.3 Å². The maximum absolute atomic E-state index is 8.71. The van der Waals surface area contributed by atoms with Gasteiger partial charge in [-0.3, -0.25) is 0 Å². The minimum Gasteiger partial charge on any atom is -0.396 e. The molecule has 0 aliphatic carbocycles. The topological polar surface area (TPSA) is 46.2 Å². The van der Waals surface area contributed by atoms with Crippen molar-refractivity contribution in [1.82, 2.24) is 0 Å². The molecule has 0 rings (SSSR count). The quantitative estimate of drug-likeness (QED) is 0.256. The van der Waals surface area contributed by atoms with Gasteiger partial charge in [0.15, 0.2) is 0 Å². The van der Waals surface area contributed by atoms with Gasteiger partial charge in [-0.15, -0.1) is 0 Å². The van der Waals surface area contributed by atoms with Gasteiger partial charge in [-0.05, 0) is 19.4 Å². The number of rotatable bonds is 20. The highest BCUT2D eigenvalue weighted by molar-refractivity contribution is 4.50. The number of aliphatic hydroxyl groups excluding tert-OH is 1. The number of hydrogen-bond donors (Lipinski definition) is 2. The van der Waals surface area contributed by atoms with Crippen LogP contribution in [0.3, 0.4) is 0 Å². The van der Waals surface area contributed by atoms with E-state index in [-0.39, 0.29) is 0 Å². The Labute approximate surface area is 146 Å². The first-order chi connectivity index (χ1) is 11.4. The zero-order chi connectivity index (χ0) is 16.8. The molecule has 0 bridgehead atoms. The van der Waals surface area contributed by atoms with E-state index in [0.29, 0.717) is 6.61 Å².